The Balaban J connectivity index is 1.36. The van der Waals surface area contributed by atoms with Crippen LogP contribution in [0.25, 0.3) is 10.4 Å². The number of carbonyl (C=O) groups excluding carboxylic acids is 1. The summed E-state index contributed by atoms with van der Waals surface area (Å²) in [4.78, 5) is 18.1. The second-order valence-electron chi connectivity index (χ2n) is 12.9. The Kier molecular flexibility index (Phi) is 13.4. The largest absolute Gasteiger partial charge is 0.444 e. The first kappa shape index (κ1) is 32.0. The summed E-state index contributed by atoms with van der Waals surface area (Å²) in [5, 5.41) is 4.09. The second kappa shape index (κ2) is 16.7. The summed E-state index contributed by atoms with van der Waals surface area (Å²) in [6.07, 6.45) is 18.3. The Morgan fingerprint density at radius 3 is 2.33 bits per heavy atom. The molecule has 1 heterocycles. The predicted octanol–water partition coefficient (Wildman–Crippen LogP) is 9.23. The Morgan fingerprint density at radius 1 is 1.00 bits per heavy atom. The van der Waals surface area contributed by atoms with Crippen molar-refractivity contribution in [1.29, 1.82) is 0 Å². The third-order valence-corrected chi connectivity index (χ3v) is 8.49. The third kappa shape index (κ3) is 10.8. The number of benzene rings is 1. The van der Waals surface area contributed by atoms with Gasteiger partial charge in [-0.3, -0.25) is 0 Å². The van der Waals surface area contributed by atoms with E-state index in [0.717, 1.165) is 45.3 Å². The Bertz CT molecular complexity index is 954. The van der Waals surface area contributed by atoms with Crippen LogP contribution in [0.15, 0.2) is 47.6 Å². The summed E-state index contributed by atoms with van der Waals surface area (Å²) in [6.45, 7) is 9.08. The molecular weight excluding hydrogens is 500 g/mol. The van der Waals surface area contributed by atoms with Gasteiger partial charge in [0.2, 0.25) is 0 Å². The second-order valence-corrected chi connectivity index (χ2v) is 12.9. The molecule has 2 aliphatic rings. The van der Waals surface area contributed by atoms with Crippen molar-refractivity contribution < 1.29 is 14.3 Å². The molecular formula is C33H52N4O3. The number of hydrogen-bond donors (Lipinski definition) is 0. The van der Waals surface area contributed by atoms with E-state index in [4.69, 9.17) is 9.47 Å². The van der Waals surface area contributed by atoms with Gasteiger partial charge in [0, 0.05) is 31.2 Å². The number of piperidine rings is 1. The minimum atomic E-state index is -0.524. The highest BCUT2D eigenvalue weighted by atomic mass is 16.6. The van der Waals surface area contributed by atoms with Gasteiger partial charge in [-0.05, 0) is 74.8 Å². The van der Waals surface area contributed by atoms with Gasteiger partial charge in [-0.25, -0.2) is 4.79 Å². The standard InChI is InChI=1S/C33H52N4O3/c1-32(2,3)40-31(38)37-24-29-20-14-15-21-30(29)33(27-37,26-35-36-34)22-16-9-7-5-4-6-8-10-17-23-39-25-28-18-12-11-13-19-28/h11-15,18-19,29-30H,4-10,16-17,20-27H2,1-3H3/t29-,30-,33+/m1/s1. The summed E-state index contributed by atoms with van der Waals surface area (Å²) in [5.74, 6) is 0.835. The van der Waals surface area contributed by atoms with Gasteiger partial charge < -0.3 is 14.4 Å². The molecule has 0 bridgehead atoms. The van der Waals surface area contributed by atoms with Crippen LogP contribution >= 0.6 is 0 Å². The minimum Gasteiger partial charge on any atom is -0.444 e. The molecule has 1 aromatic rings. The molecule has 1 aliphatic heterocycles. The van der Waals surface area contributed by atoms with E-state index in [0.29, 0.717) is 31.5 Å². The van der Waals surface area contributed by atoms with Gasteiger partial charge in [-0.2, -0.15) is 0 Å². The highest BCUT2D eigenvalue weighted by Crippen LogP contribution is 2.48. The molecule has 1 amide bonds. The lowest BCUT2D eigenvalue weighted by Gasteiger charge is -2.52. The molecule has 0 unspecified atom stereocenters. The SMILES string of the molecule is CC(C)(C)OC(=O)N1C[C@H]2CC=CC[C@H]2[C@@](CCCCCCCCCCCOCc2ccccc2)(CN=[N+]=[N-])C1. The average Bonchev–Trinajstić information content (AvgIpc) is 2.94. The number of azide groups is 1. The van der Waals surface area contributed by atoms with E-state index in [9.17, 15) is 10.3 Å². The topological polar surface area (TPSA) is 87.5 Å². The van der Waals surface area contributed by atoms with Crippen LogP contribution in [-0.2, 0) is 16.1 Å². The van der Waals surface area contributed by atoms with E-state index >= 15 is 0 Å². The van der Waals surface area contributed by atoms with Gasteiger partial charge in [0.15, 0.2) is 0 Å². The molecule has 0 aromatic heterocycles. The number of amides is 1. The van der Waals surface area contributed by atoms with Crippen LogP contribution in [0.1, 0.15) is 103 Å². The van der Waals surface area contributed by atoms with E-state index in [1.165, 1.54) is 50.5 Å². The fourth-order valence-electron chi connectivity index (χ4n) is 6.50. The fraction of sp³-hybridized carbons (Fsp3) is 0.727. The van der Waals surface area contributed by atoms with Gasteiger partial charge in [0.25, 0.3) is 0 Å². The van der Waals surface area contributed by atoms with Crippen LogP contribution in [0.4, 0.5) is 4.79 Å². The highest BCUT2D eigenvalue weighted by molar-refractivity contribution is 5.68. The molecule has 40 heavy (non-hydrogen) atoms. The van der Waals surface area contributed by atoms with Crippen molar-refractivity contribution in [1.82, 2.24) is 4.90 Å². The molecule has 7 heteroatoms. The molecule has 222 valence electrons. The lowest BCUT2D eigenvalue weighted by Crippen LogP contribution is -2.57. The number of hydrogen-bond acceptors (Lipinski definition) is 4. The zero-order chi connectivity index (χ0) is 28.7. The maximum Gasteiger partial charge on any atom is 0.410 e. The summed E-state index contributed by atoms with van der Waals surface area (Å²) >= 11 is 0. The van der Waals surface area contributed by atoms with Crippen LogP contribution in [0.5, 0.6) is 0 Å². The highest BCUT2D eigenvalue weighted by Gasteiger charge is 2.48. The molecule has 1 saturated heterocycles. The van der Waals surface area contributed by atoms with E-state index in [1.54, 1.807) is 0 Å². The van der Waals surface area contributed by atoms with Gasteiger partial charge >= 0.3 is 6.09 Å². The van der Waals surface area contributed by atoms with Gasteiger partial charge in [-0.1, -0.05) is 99.0 Å². The van der Waals surface area contributed by atoms with Crippen LogP contribution in [0.2, 0.25) is 0 Å². The molecule has 1 fully saturated rings. The van der Waals surface area contributed by atoms with E-state index < -0.39 is 5.60 Å². The zero-order valence-electron chi connectivity index (χ0n) is 25.2. The number of allylic oxidation sites excluding steroid dienone is 2. The molecule has 0 spiro atoms. The zero-order valence-corrected chi connectivity index (χ0v) is 25.2. The quantitative estimate of drug-likeness (QED) is 0.0673. The third-order valence-electron chi connectivity index (χ3n) is 8.49. The van der Waals surface area contributed by atoms with E-state index in [-0.39, 0.29) is 11.5 Å². The molecule has 3 rings (SSSR count). The normalized spacial score (nSPS) is 22.4. The maximum absolute atomic E-state index is 13.1. The minimum absolute atomic E-state index is 0.181. The van der Waals surface area contributed by atoms with Crippen LogP contribution in [0.3, 0.4) is 0 Å². The first-order chi connectivity index (χ1) is 19.3. The first-order valence-electron chi connectivity index (χ1n) is 15.6. The Labute approximate surface area is 242 Å². The van der Waals surface area contributed by atoms with E-state index in [1.807, 2.05) is 31.7 Å². The van der Waals surface area contributed by atoms with Crippen molar-refractivity contribution in [2.24, 2.45) is 22.4 Å². The van der Waals surface area contributed by atoms with Crippen LogP contribution in [-0.4, -0.2) is 42.8 Å². The summed E-state index contributed by atoms with van der Waals surface area (Å²) in [7, 11) is 0. The van der Waals surface area contributed by atoms with Crippen molar-refractivity contribution in [3.05, 3.63) is 58.5 Å². The van der Waals surface area contributed by atoms with Gasteiger partial charge in [-0.15, -0.1) is 0 Å². The van der Waals surface area contributed by atoms with Crippen molar-refractivity contribution in [2.75, 3.05) is 26.2 Å². The van der Waals surface area contributed by atoms with Crippen molar-refractivity contribution >= 4 is 6.09 Å². The molecule has 7 nitrogen and oxygen atoms in total. The van der Waals surface area contributed by atoms with Gasteiger partial charge in [0.05, 0.1) is 6.61 Å². The maximum atomic E-state index is 13.1. The number of ether oxygens (including phenoxy) is 2. The fourth-order valence-corrected chi connectivity index (χ4v) is 6.50. The van der Waals surface area contributed by atoms with E-state index in [2.05, 4.69) is 46.4 Å². The summed E-state index contributed by atoms with van der Waals surface area (Å²) < 4.78 is 11.5. The number of rotatable bonds is 16. The van der Waals surface area contributed by atoms with Crippen molar-refractivity contribution in [3.63, 3.8) is 0 Å². The molecule has 1 aromatic carbocycles. The molecule has 0 N–H and O–H groups in total. The van der Waals surface area contributed by atoms with Crippen LogP contribution in [0, 0.1) is 17.3 Å². The number of nitrogens with zero attached hydrogens (tertiary/aromatic N) is 4. The Hall–Kier alpha value is -2.50. The number of fused-ring (bicyclic) bond motifs is 1. The van der Waals surface area contributed by atoms with Crippen molar-refractivity contribution in [3.8, 4) is 0 Å². The first-order valence-corrected chi connectivity index (χ1v) is 15.6. The summed E-state index contributed by atoms with van der Waals surface area (Å²) in [5.41, 5.74) is 9.72. The average molecular weight is 553 g/mol. The monoisotopic (exact) mass is 552 g/mol. The molecule has 0 saturated carbocycles. The number of likely N-dealkylation sites (tertiary alicyclic amines) is 1. The number of carbonyl (C=O) groups is 1. The van der Waals surface area contributed by atoms with Crippen LogP contribution < -0.4 is 0 Å². The lowest BCUT2D eigenvalue weighted by atomic mass is 9.60. The van der Waals surface area contributed by atoms with Gasteiger partial charge in [0.1, 0.15) is 5.60 Å². The Morgan fingerprint density at radius 2 is 1.65 bits per heavy atom. The molecule has 1 aliphatic carbocycles. The van der Waals surface area contributed by atoms with Crippen molar-refractivity contribution in [2.45, 2.75) is 110 Å². The number of unbranched alkanes of at least 4 members (excludes halogenated alkanes) is 8. The molecule has 3 atom stereocenters. The lowest BCUT2D eigenvalue weighted by molar-refractivity contribution is -0.0393. The smallest absolute Gasteiger partial charge is 0.410 e. The summed E-state index contributed by atoms with van der Waals surface area (Å²) in [6, 6.07) is 10.4. The predicted molar refractivity (Wildman–Crippen MR) is 162 cm³/mol. The molecule has 0 radical (unpaired) electrons.